The molecule has 1 N–H and O–H groups in total. The quantitative estimate of drug-likeness (QED) is 0.743. The molecule has 0 bridgehead atoms. The molecule has 1 nitrogen and oxygen atoms in total. The van der Waals surface area contributed by atoms with Gasteiger partial charge in [0.2, 0.25) is 0 Å². The predicted molar refractivity (Wildman–Crippen MR) is 27.7 cm³/mol. The Kier molecular flexibility index (Phi) is 2.19. The summed E-state index contributed by atoms with van der Waals surface area (Å²) in [6.45, 7) is 0. The van der Waals surface area contributed by atoms with Crippen LogP contribution in [0.5, 0.6) is 5.75 Å². The van der Waals surface area contributed by atoms with E-state index in [-0.39, 0.29) is 9.02 Å². The zero-order chi connectivity index (χ0) is 7.72. The summed E-state index contributed by atoms with van der Waals surface area (Å²) in [4.78, 5) is 0. The molecule has 0 unspecified atom stereocenters. The van der Waals surface area contributed by atoms with E-state index in [1.54, 1.807) is 0 Å². The third-order valence-corrected chi connectivity index (χ3v) is 2.37. The van der Waals surface area contributed by atoms with Crippen molar-refractivity contribution < 1.29 is 38.6 Å². The minimum atomic E-state index is -0.700. The summed E-state index contributed by atoms with van der Waals surface area (Å²) in [7, 11) is 0. The van der Waals surface area contributed by atoms with E-state index in [0.717, 1.165) is 36.9 Å². The second-order valence-corrected chi connectivity index (χ2v) is 3.19. The molecule has 0 fully saturated rings. The fourth-order valence-electron chi connectivity index (χ4n) is 0.542. The molecule has 1 aromatic carbocycles. The first-order valence-electron chi connectivity index (χ1n) is 2.45. The Labute approximate surface area is 71.5 Å². The Balaban J connectivity index is 3.31. The molecular formula is C6H3AtF2O. The summed E-state index contributed by atoms with van der Waals surface area (Å²) >= 11 is 0.912. The van der Waals surface area contributed by atoms with Crippen molar-refractivity contribution in [3.63, 3.8) is 0 Å². The average molecular weight is 339 g/mol. The Morgan fingerprint density at radius 1 is 1.20 bits per heavy atom. The third kappa shape index (κ3) is 1.43. The summed E-state index contributed by atoms with van der Waals surface area (Å²) in [5.41, 5.74) is 0. The van der Waals surface area contributed by atoms with Crippen molar-refractivity contribution in [2.75, 3.05) is 0 Å². The van der Waals surface area contributed by atoms with Crippen molar-refractivity contribution in [2.45, 2.75) is 0 Å². The number of hydrogen-bond acceptors (Lipinski definition) is 1. The predicted octanol–water partition coefficient (Wildman–Crippen LogP) is 0.845. The van der Waals surface area contributed by atoms with Crippen LogP contribution in [0.3, 0.4) is 0 Å². The topological polar surface area (TPSA) is 20.2 Å². The molecule has 0 spiro atoms. The standard InChI is InChI=1S/C6H3AtF2O/c7-6-4(8)1-3(10)2-5(6)9/h1-2,10H. The number of benzene rings is 1. The van der Waals surface area contributed by atoms with Crippen LogP contribution in [-0.2, 0) is 0 Å². The molecule has 0 saturated carbocycles. The van der Waals surface area contributed by atoms with Crippen molar-refractivity contribution >= 4 is 3.27 Å². The molecule has 0 aliphatic carbocycles. The van der Waals surface area contributed by atoms with E-state index in [2.05, 4.69) is 0 Å². The van der Waals surface area contributed by atoms with E-state index in [0.29, 0.717) is 0 Å². The van der Waals surface area contributed by atoms with Crippen LogP contribution < -0.4 is 3.27 Å². The first-order chi connectivity index (χ1) is 4.61. The Bertz CT molecular complexity index is 239. The Hall–Kier alpha value is -0.237. The first kappa shape index (κ1) is 7.87. The number of phenolic OH excluding ortho intramolecular Hbond substituents is 1. The van der Waals surface area contributed by atoms with E-state index in [1.807, 2.05) is 0 Å². The Morgan fingerprint density at radius 3 is 2.00 bits per heavy atom. The van der Waals surface area contributed by atoms with Crippen molar-refractivity contribution in [1.82, 2.24) is 0 Å². The second kappa shape index (κ2) is 2.79. The second-order valence-electron chi connectivity index (χ2n) is 1.72. The average Bonchev–Trinajstić information content (AvgIpc) is 1.82. The fourth-order valence-corrected chi connectivity index (χ4v) is 0.966. The molecule has 0 amide bonds. The van der Waals surface area contributed by atoms with Gasteiger partial charge in [0, 0.05) is 0 Å². The van der Waals surface area contributed by atoms with Crippen LogP contribution in [0.25, 0.3) is 0 Å². The van der Waals surface area contributed by atoms with E-state index in [1.165, 1.54) is 0 Å². The van der Waals surface area contributed by atoms with Gasteiger partial charge in [0.05, 0.1) is 0 Å². The summed E-state index contributed by atoms with van der Waals surface area (Å²) in [5.74, 6) is -1.78. The van der Waals surface area contributed by atoms with Gasteiger partial charge >= 0.3 is 71.4 Å². The number of rotatable bonds is 0. The molecule has 0 saturated heterocycles. The minimum absolute atomic E-state index is 0.0159. The molecule has 0 atom stereocenters. The number of aromatic hydroxyl groups is 1. The Morgan fingerprint density at radius 2 is 1.60 bits per heavy atom. The molecule has 4 heteroatoms. The zero-order valence-electron chi connectivity index (χ0n) is 4.74. The van der Waals surface area contributed by atoms with Gasteiger partial charge < -0.3 is 0 Å². The summed E-state index contributed by atoms with van der Waals surface area (Å²) in [6.07, 6.45) is 0. The zero-order valence-corrected chi connectivity index (χ0v) is 7.67. The monoisotopic (exact) mass is 339 g/mol. The van der Waals surface area contributed by atoms with Crippen molar-refractivity contribution in [3.8, 4) is 5.75 Å². The number of phenols is 1. The molecule has 0 aliphatic heterocycles. The van der Waals surface area contributed by atoms with Crippen LogP contribution in [0.2, 0.25) is 0 Å². The summed E-state index contributed by atoms with van der Waals surface area (Å²) < 4.78 is 24.9. The van der Waals surface area contributed by atoms with Gasteiger partial charge in [-0.15, -0.1) is 0 Å². The molecule has 1 rings (SSSR count). The van der Waals surface area contributed by atoms with Gasteiger partial charge in [-0.05, 0) is 0 Å². The van der Waals surface area contributed by atoms with Crippen molar-refractivity contribution in [1.29, 1.82) is 0 Å². The van der Waals surface area contributed by atoms with Crippen LogP contribution >= 0.6 is 0 Å². The van der Waals surface area contributed by atoms with E-state index in [4.69, 9.17) is 5.11 Å². The fraction of sp³-hybridized carbons (Fsp3) is 0. The number of hydrogen-bond donors (Lipinski definition) is 1. The maximum absolute atomic E-state index is 12.5. The molecule has 0 aliphatic rings. The maximum atomic E-state index is 12.5. The van der Waals surface area contributed by atoms with Gasteiger partial charge in [0.25, 0.3) is 0 Å². The van der Waals surface area contributed by atoms with Gasteiger partial charge in [-0.1, -0.05) is 0 Å². The van der Waals surface area contributed by atoms with E-state index < -0.39 is 11.6 Å². The van der Waals surface area contributed by atoms with E-state index >= 15 is 0 Å². The van der Waals surface area contributed by atoms with Gasteiger partial charge in [0.1, 0.15) is 0 Å². The van der Waals surface area contributed by atoms with Gasteiger partial charge in [0.15, 0.2) is 0 Å². The van der Waals surface area contributed by atoms with Crippen molar-refractivity contribution in [2.24, 2.45) is 0 Å². The summed E-state index contributed by atoms with van der Waals surface area (Å²) in [6, 6.07) is 1.77. The summed E-state index contributed by atoms with van der Waals surface area (Å²) in [5, 5.41) is 8.64. The van der Waals surface area contributed by atoms with Gasteiger partial charge in [-0.25, -0.2) is 0 Å². The molecule has 1 aromatic rings. The number of halogens is 2. The third-order valence-electron chi connectivity index (χ3n) is 0.969. The normalized spacial score (nSPS) is 9.90. The molecule has 0 radical (unpaired) electrons. The van der Waals surface area contributed by atoms with Crippen LogP contribution in [0.1, 0.15) is 0 Å². The molecule has 10 heavy (non-hydrogen) atoms. The van der Waals surface area contributed by atoms with Crippen LogP contribution in [0, 0.1) is 36.4 Å². The first-order valence-corrected chi connectivity index (χ1v) is 3.91. The molecule has 54 valence electrons. The van der Waals surface area contributed by atoms with Crippen LogP contribution in [0.4, 0.5) is 8.78 Å². The SMILES string of the molecule is Oc1cc(F)c([At])c(F)c1. The van der Waals surface area contributed by atoms with Crippen LogP contribution in [0.15, 0.2) is 12.1 Å². The van der Waals surface area contributed by atoms with Gasteiger partial charge in [-0.2, -0.15) is 0 Å². The van der Waals surface area contributed by atoms with Crippen molar-refractivity contribution in [3.05, 3.63) is 23.8 Å². The molecule has 0 aromatic heterocycles. The van der Waals surface area contributed by atoms with E-state index in [9.17, 15) is 8.78 Å². The molecule has 0 heterocycles. The molecular weight excluding hydrogens is 336 g/mol. The van der Waals surface area contributed by atoms with Crippen LogP contribution in [-0.4, -0.2) is 5.11 Å². The van der Waals surface area contributed by atoms with Gasteiger partial charge in [-0.3, -0.25) is 0 Å².